The van der Waals surface area contributed by atoms with Gasteiger partial charge in [0.1, 0.15) is 11.5 Å². The molecule has 0 saturated carbocycles. The van der Waals surface area contributed by atoms with E-state index in [-0.39, 0.29) is 29.2 Å². The van der Waals surface area contributed by atoms with Crippen LogP contribution in [0.5, 0.6) is 11.5 Å². The van der Waals surface area contributed by atoms with E-state index in [1.165, 1.54) is 19.2 Å². The minimum Gasteiger partial charge on any atom is -0.507 e. The Morgan fingerprint density at radius 2 is 2.10 bits per heavy atom. The molecule has 2 rings (SSSR count). The van der Waals surface area contributed by atoms with Crippen LogP contribution >= 0.6 is 0 Å². The third kappa shape index (κ3) is 3.09. The Balaban J connectivity index is 2.23. The van der Waals surface area contributed by atoms with Gasteiger partial charge in [-0.3, -0.25) is 9.59 Å². The molecule has 2 amide bonds. The molecule has 2 unspecified atom stereocenters. The number of benzene rings is 1. The monoisotopic (exact) mass is 292 g/mol. The van der Waals surface area contributed by atoms with Crippen molar-refractivity contribution in [3.8, 4) is 11.5 Å². The van der Waals surface area contributed by atoms with E-state index in [0.717, 1.165) is 6.42 Å². The number of nitrogens with zero attached hydrogens (tertiary/aromatic N) is 1. The zero-order chi connectivity index (χ0) is 15.6. The van der Waals surface area contributed by atoms with Gasteiger partial charge >= 0.3 is 0 Å². The molecule has 1 aliphatic heterocycles. The molecule has 1 saturated heterocycles. The number of primary amides is 1. The van der Waals surface area contributed by atoms with Crippen molar-refractivity contribution in [2.75, 3.05) is 13.7 Å². The number of ether oxygens (including phenoxy) is 1. The van der Waals surface area contributed by atoms with Crippen LogP contribution in [0, 0.1) is 5.92 Å². The largest absolute Gasteiger partial charge is 0.507 e. The van der Waals surface area contributed by atoms with Gasteiger partial charge in [-0.2, -0.15) is 0 Å². The quantitative estimate of drug-likeness (QED) is 0.873. The van der Waals surface area contributed by atoms with E-state index >= 15 is 0 Å². The molecule has 6 heteroatoms. The maximum atomic E-state index is 12.6. The second-order valence-electron chi connectivity index (χ2n) is 5.37. The number of carbonyl (C=O) groups excluding carboxylic acids is 2. The summed E-state index contributed by atoms with van der Waals surface area (Å²) in [7, 11) is 1.49. The number of carbonyl (C=O) groups is 2. The summed E-state index contributed by atoms with van der Waals surface area (Å²) < 4.78 is 5.00. The number of nitrogens with two attached hydrogens (primary N) is 1. The first-order valence-corrected chi connectivity index (χ1v) is 6.91. The molecule has 2 atom stereocenters. The smallest absolute Gasteiger partial charge is 0.257 e. The topological polar surface area (TPSA) is 92.9 Å². The van der Waals surface area contributed by atoms with Crippen molar-refractivity contribution < 1.29 is 19.4 Å². The summed E-state index contributed by atoms with van der Waals surface area (Å²) >= 11 is 0. The van der Waals surface area contributed by atoms with E-state index in [1.807, 2.05) is 6.92 Å². The summed E-state index contributed by atoms with van der Waals surface area (Å²) in [6, 6.07) is 4.55. The Kier molecular flexibility index (Phi) is 4.35. The maximum Gasteiger partial charge on any atom is 0.257 e. The number of aromatic hydroxyl groups is 1. The lowest BCUT2D eigenvalue weighted by Crippen LogP contribution is -2.48. The number of hydrogen-bond donors (Lipinski definition) is 2. The van der Waals surface area contributed by atoms with E-state index in [1.54, 1.807) is 11.0 Å². The number of phenols is 1. The first-order chi connectivity index (χ1) is 9.93. The van der Waals surface area contributed by atoms with E-state index in [9.17, 15) is 14.7 Å². The van der Waals surface area contributed by atoms with Crippen LogP contribution in [0.3, 0.4) is 0 Å². The number of amides is 2. The van der Waals surface area contributed by atoms with Crippen LogP contribution in [0.15, 0.2) is 18.2 Å². The number of methoxy groups -OCH3 is 1. The van der Waals surface area contributed by atoms with Crippen molar-refractivity contribution in [1.82, 2.24) is 4.90 Å². The van der Waals surface area contributed by atoms with Gasteiger partial charge in [0.25, 0.3) is 5.91 Å². The summed E-state index contributed by atoms with van der Waals surface area (Å²) in [5.74, 6) is -0.670. The van der Waals surface area contributed by atoms with Gasteiger partial charge in [0.05, 0.1) is 18.6 Å². The van der Waals surface area contributed by atoms with Gasteiger partial charge in [-0.25, -0.2) is 0 Å². The molecule has 0 spiro atoms. The van der Waals surface area contributed by atoms with Gasteiger partial charge in [0, 0.05) is 18.7 Å². The fourth-order valence-electron chi connectivity index (χ4n) is 2.60. The molecule has 0 aliphatic carbocycles. The normalized spacial score (nSPS) is 21.9. The fraction of sp³-hybridized carbons (Fsp3) is 0.467. The van der Waals surface area contributed by atoms with Crippen LogP contribution in [0.1, 0.15) is 30.1 Å². The number of likely N-dealkylation sites (tertiary alicyclic amines) is 1. The van der Waals surface area contributed by atoms with Gasteiger partial charge in [-0.05, 0) is 31.9 Å². The van der Waals surface area contributed by atoms with Crippen LogP contribution in [0.4, 0.5) is 0 Å². The highest BCUT2D eigenvalue weighted by atomic mass is 16.5. The lowest BCUT2D eigenvalue weighted by atomic mass is 9.92. The molecule has 3 N–H and O–H groups in total. The molecular weight excluding hydrogens is 272 g/mol. The molecule has 0 bridgehead atoms. The van der Waals surface area contributed by atoms with Crippen LogP contribution in [0.2, 0.25) is 0 Å². The summed E-state index contributed by atoms with van der Waals surface area (Å²) in [5.41, 5.74) is 5.54. The Bertz CT molecular complexity index is 559. The molecule has 0 aromatic heterocycles. The minimum atomic E-state index is -0.390. The van der Waals surface area contributed by atoms with Gasteiger partial charge in [-0.15, -0.1) is 0 Å². The highest BCUT2D eigenvalue weighted by molar-refractivity contribution is 5.97. The van der Waals surface area contributed by atoms with E-state index < -0.39 is 5.91 Å². The molecule has 114 valence electrons. The predicted octanol–water partition coefficient (Wildman–Crippen LogP) is 1.13. The van der Waals surface area contributed by atoms with Gasteiger partial charge < -0.3 is 20.5 Å². The van der Waals surface area contributed by atoms with E-state index in [4.69, 9.17) is 10.5 Å². The van der Waals surface area contributed by atoms with Crippen LogP contribution in [0.25, 0.3) is 0 Å². The van der Waals surface area contributed by atoms with Crippen molar-refractivity contribution in [2.45, 2.75) is 25.8 Å². The average Bonchev–Trinajstić information content (AvgIpc) is 2.46. The molecule has 1 aromatic carbocycles. The second-order valence-corrected chi connectivity index (χ2v) is 5.37. The van der Waals surface area contributed by atoms with E-state index in [2.05, 4.69) is 0 Å². The maximum absolute atomic E-state index is 12.6. The molecular formula is C15H20N2O4. The predicted molar refractivity (Wildman–Crippen MR) is 77.1 cm³/mol. The number of phenolic OH excluding ortho intramolecular Hbond substituents is 1. The Morgan fingerprint density at radius 1 is 1.38 bits per heavy atom. The number of hydrogen-bond acceptors (Lipinski definition) is 4. The van der Waals surface area contributed by atoms with Crippen LogP contribution in [-0.4, -0.2) is 41.5 Å². The molecule has 6 nitrogen and oxygen atoms in total. The second kappa shape index (κ2) is 6.03. The highest BCUT2D eigenvalue weighted by Crippen LogP contribution is 2.28. The van der Waals surface area contributed by atoms with Crippen molar-refractivity contribution in [3.63, 3.8) is 0 Å². The Morgan fingerprint density at radius 3 is 2.67 bits per heavy atom. The third-order valence-corrected chi connectivity index (χ3v) is 3.98. The molecule has 21 heavy (non-hydrogen) atoms. The van der Waals surface area contributed by atoms with Gasteiger partial charge in [-0.1, -0.05) is 0 Å². The minimum absolute atomic E-state index is 0.00889. The average molecular weight is 292 g/mol. The summed E-state index contributed by atoms with van der Waals surface area (Å²) in [6.07, 6.45) is 1.41. The first-order valence-electron chi connectivity index (χ1n) is 6.91. The number of rotatable bonds is 3. The van der Waals surface area contributed by atoms with Crippen molar-refractivity contribution >= 4 is 11.8 Å². The zero-order valence-corrected chi connectivity index (χ0v) is 12.2. The summed E-state index contributed by atoms with van der Waals surface area (Å²) in [4.78, 5) is 25.5. The molecule has 0 radical (unpaired) electrons. The molecule has 1 aliphatic rings. The molecule has 1 fully saturated rings. The summed E-state index contributed by atoms with van der Waals surface area (Å²) in [6.45, 7) is 2.22. The zero-order valence-electron chi connectivity index (χ0n) is 12.2. The van der Waals surface area contributed by atoms with E-state index in [0.29, 0.717) is 18.7 Å². The van der Waals surface area contributed by atoms with Crippen molar-refractivity contribution in [3.05, 3.63) is 23.8 Å². The van der Waals surface area contributed by atoms with Crippen molar-refractivity contribution in [1.29, 1.82) is 0 Å². The fourth-order valence-corrected chi connectivity index (χ4v) is 2.60. The van der Waals surface area contributed by atoms with Gasteiger partial charge in [0.15, 0.2) is 0 Å². The standard InChI is InChI=1S/C15H20N2O4/c1-9-3-4-10(14(16)19)8-17(9)15(20)12-6-5-11(21-2)7-13(12)18/h5-7,9-10,18H,3-4,8H2,1-2H3,(H2,16,19). The van der Waals surface area contributed by atoms with Crippen LogP contribution in [-0.2, 0) is 4.79 Å². The first kappa shape index (κ1) is 15.2. The Hall–Kier alpha value is -2.24. The summed E-state index contributed by atoms with van der Waals surface area (Å²) in [5, 5.41) is 9.97. The molecule has 1 heterocycles. The number of piperidine rings is 1. The SMILES string of the molecule is COc1ccc(C(=O)N2CC(C(N)=O)CCC2C)c(O)c1. The third-order valence-electron chi connectivity index (χ3n) is 3.98. The highest BCUT2D eigenvalue weighted by Gasteiger charge is 2.32. The molecule has 1 aromatic rings. The van der Waals surface area contributed by atoms with Gasteiger partial charge in [0.2, 0.25) is 5.91 Å². The lowest BCUT2D eigenvalue weighted by molar-refractivity contribution is -0.123. The van der Waals surface area contributed by atoms with Crippen LogP contribution < -0.4 is 10.5 Å². The lowest BCUT2D eigenvalue weighted by Gasteiger charge is -2.37. The Labute approximate surface area is 123 Å². The van der Waals surface area contributed by atoms with Crippen molar-refractivity contribution in [2.24, 2.45) is 11.7 Å².